The van der Waals surface area contributed by atoms with Gasteiger partial charge in [0, 0.05) is 0 Å². The summed E-state index contributed by atoms with van der Waals surface area (Å²) in [7, 11) is 1.20. The number of ether oxygens (including phenoxy) is 2. The van der Waals surface area contributed by atoms with Crippen molar-refractivity contribution in [3.8, 4) is 0 Å². The molecule has 0 aliphatic carbocycles. The Morgan fingerprint density at radius 3 is 2.09 bits per heavy atom. The van der Waals surface area contributed by atoms with Gasteiger partial charge in [-0.2, -0.15) is 0 Å². The lowest BCUT2D eigenvalue weighted by Gasteiger charge is -2.27. The van der Waals surface area contributed by atoms with Crippen LogP contribution in [0.5, 0.6) is 0 Å². The molecular weight excluding hydrogens is 298 g/mol. The fourth-order valence-corrected chi connectivity index (χ4v) is 2.12. The van der Waals surface area contributed by atoms with Crippen LogP contribution in [0.1, 0.15) is 39.3 Å². The molecule has 0 bridgehead atoms. The number of rotatable bonds is 5. The average Bonchev–Trinajstić information content (AvgIpc) is 2.44. The van der Waals surface area contributed by atoms with Gasteiger partial charge in [-0.1, -0.05) is 30.3 Å². The molecule has 0 fully saturated rings. The van der Waals surface area contributed by atoms with E-state index in [-0.39, 0.29) is 0 Å². The first-order valence-electron chi connectivity index (χ1n) is 7.28. The van der Waals surface area contributed by atoms with Crippen molar-refractivity contribution in [1.82, 2.24) is 5.32 Å². The van der Waals surface area contributed by atoms with Gasteiger partial charge in [-0.25, -0.2) is 4.79 Å². The first-order chi connectivity index (χ1) is 10.7. The molecule has 1 N–H and O–H groups in total. The Hall–Kier alpha value is -2.37. The van der Waals surface area contributed by atoms with Gasteiger partial charge in [-0.05, 0) is 33.3 Å². The third-order valence-corrected chi connectivity index (χ3v) is 3.06. The molecule has 0 aliphatic heterocycles. The number of carbonyl (C=O) groups excluding carboxylic acids is 3. The smallest absolute Gasteiger partial charge is 0.408 e. The van der Waals surface area contributed by atoms with Gasteiger partial charge in [-0.3, -0.25) is 9.59 Å². The third kappa shape index (κ3) is 5.73. The molecule has 0 heterocycles. The molecule has 23 heavy (non-hydrogen) atoms. The Morgan fingerprint density at radius 2 is 1.65 bits per heavy atom. The van der Waals surface area contributed by atoms with Crippen LogP contribution in [0.4, 0.5) is 4.79 Å². The average molecular weight is 321 g/mol. The molecule has 1 aromatic carbocycles. The Bertz CT molecular complexity index is 562. The number of hydrogen-bond donors (Lipinski definition) is 1. The Kier molecular flexibility index (Phi) is 6.30. The zero-order valence-electron chi connectivity index (χ0n) is 14.1. The van der Waals surface area contributed by atoms with Crippen molar-refractivity contribution in [2.45, 2.75) is 39.3 Å². The molecule has 1 rings (SSSR count). The summed E-state index contributed by atoms with van der Waals surface area (Å²) >= 11 is 0. The van der Waals surface area contributed by atoms with E-state index in [1.54, 1.807) is 51.1 Å². The summed E-state index contributed by atoms with van der Waals surface area (Å²) in [5, 5.41) is 2.60. The van der Waals surface area contributed by atoms with Crippen molar-refractivity contribution in [2.75, 3.05) is 7.11 Å². The zero-order valence-corrected chi connectivity index (χ0v) is 14.1. The fourth-order valence-electron chi connectivity index (χ4n) is 2.12. The molecule has 0 saturated carbocycles. The maximum absolute atomic E-state index is 12.1. The maximum atomic E-state index is 12.1. The SMILES string of the molecule is COC(=O)C(C(C)=O)[C@H](NC(=O)OC(C)(C)C)c1ccccc1. The molecule has 0 aliphatic rings. The van der Waals surface area contributed by atoms with Crippen LogP contribution < -0.4 is 5.32 Å². The number of Topliss-reactive ketones (excluding diaryl/α,β-unsaturated/α-hetero) is 1. The normalized spacial score (nSPS) is 13.6. The summed E-state index contributed by atoms with van der Waals surface area (Å²) in [5.41, 5.74) is -0.0774. The highest BCUT2D eigenvalue weighted by atomic mass is 16.6. The number of ketones is 1. The molecule has 2 atom stereocenters. The summed E-state index contributed by atoms with van der Waals surface area (Å²) < 4.78 is 9.93. The zero-order chi connectivity index (χ0) is 17.6. The lowest BCUT2D eigenvalue weighted by molar-refractivity contribution is -0.150. The van der Waals surface area contributed by atoms with Gasteiger partial charge in [0.1, 0.15) is 17.3 Å². The molecule has 1 unspecified atom stereocenters. The number of methoxy groups -OCH3 is 1. The molecule has 1 aromatic rings. The van der Waals surface area contributed by atoms with Gasteiger partial charge in [-0.15, -0.1) is 0 Å². The third-order valence-electron chi connectivity index (χ3n) is 3.06. The summed E-state index contributed by atoms with van der Waals surface area (Å²) in [4.78, 5) is 36.0. The standard InChI is InChI=1S/C17H23NO5/c1-11(19)13(15(20)22-5)14(12-9-7-6-8-10-12)18-16(21)23-17(2,3)4/h6-10,13-14H,1-5H3,(H,18,21)/t13?,14-/m1/s1. The number of esters is 1. The lowest BCUT2D eigenvalue weighted by Crippen LogP contribution is -2.42. The van der Waals surface area contributed by atoms with Crippen molar-refractivity contribution in [1.29, 1.82) is 0 Å². The van der Waals surface area contributed by atoms with Crippen LogP contribution >= 0.6 is 0 Å². The molecular formula is C17H23NO5. The summed E-state index contributed by atoms with van der Waals surface area (Å²) in [5.74, 6) is -2.25. The van der Waals surface area contributed by atoms with Crippen LogP contribution in [0.2, 0.25) is 0 Å². The maximum Gasteiger partial charge on any atom is 0.408 e. The number of alkyl carbamates (subject to hydrolysis) is 1. The molecule has 0 aromatic heterocycles. The van der Waals surface area contributed by atoms with E-state index >= 15 is 0 Å². The van der Waals surface area contributed by atoms with Crippen LogP contribution in [0.3, 0.4) is 0 Å². The molecule has 6 nitrogen and oxygen atoms in total. The van der Waals surface area contributed by atoms with Gasteiger partial charge >= 0.3 is 12.1 Å². The van der Waals surface area contributed by atoms with Crippen molar-refractivity contribution >= 4 is 17.8 Å². The van der Waals surface area contributed by atoms with E-state index in [1.165, 1.54) is 14.0 Å². The van der Waals surface area contributed by atoms with E-state index in [4.69, 9.17) is 9.47 Å². The topological polar surface area (TPSA) is 81.7 Å². The van der Waals surface area contributed by atoms with Crippen molar-refractivity contribution in [3.63, 3.8) is 0 Å². The highest BCUT2D eigenvalue weighted by molar-refractivity contribution is 5.99. The van der Waals surface area contributed by atoms with Gasteiger partial charge in [0.15, 0.2) is 0 Å². The second kappa shape index (κ2) is 7.76. The fraction of sp³-hybridized carbons (Fsp3) is 0.471. The van der Waals surface area contributed by atoms with Gasteiger partial charge in [0.25, 0.3) is 0 Å². The number of carbonyl (C=O) groups is 3. The predicted octanol–water partition coefficient (Wildman–Crippen LogP) is 2.63. The van der Waals surface area contributed by atoms with E-state index in [2.05, 4.69) is 5.32 Å². The number of amides is 1. The van der Waals surface area contributed by atoms with Crippen LogP contribution in [0.15, 0.2) is 30.3 Å². The minimum Gasteiger partial charge on any atom is -0.468 e. The summed E-state index contributed by atoms with van der Waals surface area (Å²) in [6.07, 6.45) is -0.707. The monoisotopic (exact) mass is 321 g/mol. The number of benzene rings is 1. The number of hydrogen-bond acceptors (Lipinski definition) is 5. The van der Waals surface area contributed by atoms with Crippen LogP contribution in [-0.4, -0.2) is 30.6 Å². The Labute approximate surface area is 136 Å². The minimum absolute atomic E-state index is 0.401. The van der Waals surface area contributed by atoms with Crippen molar-refractivity contribution < 1.29 is 23.9 Å². The molecule has 126 valence electrons. The summed E-state index contributed by atoms with van der Waals surface area (Å²) in [6.45, 7) is 6.47. The Balaban J connectivity index is 3.14. The van der Waals surface area contributed by atoms with E-state index in [0.29, 0.717) is 5.56 Å². The largest absolute Gasteiger partial charge is 0.468 e. The van der Waals surface area contributed by atoms with Gasteiger partial charge < -0.3 is 14.8 Å². The van der Waals surface area contributed by atoms with E-state index < -0.39 is 35.4 Å². The first-order valence-corrected chi connectivity index (χ1v) is 7.28. The predicted molar refractivity (Wildman–Crippen MR) is 84.7 cm³/mol. The molecule has 1 amide bonds. The molecule has 0 saturated heterocycles. The molecule has 6 heteroatoms. The van der Waals surface area contributed by atoms with Gasteiger partial charge in [0.2, 0.25) is 0 Å². The highest BCUT2D eigenvalue weighted by Gasteiger charge is 2.36. The van der Waals surface area contributed by atoms with Crippen molar-refractivity contribution in [2.24, 2.45) is 5.92 Å². The molecule has 0 spiro atoms. The van der Waals surface area contributed by atoms with Crippen LogP contribution in [0.25, 0.3) is 0 Å². The first kappa shape index (κ1) is 18.7. The quantitative estimate of drug-likeness (QED) is 0.666. The van der Waals surface area contributed by atoms with Crippen molar-refractivity contribution in [3.05, 3.63) is 35.9 Å². The van der Waals surface area contributed by atoms with Crippen LogP contribution in [-0.2, 0) is 19.1 Å². The van der Waals surface area contributed by atoms with E-state index in [1.807, 2.05) is 0 Å². The Morgan fingerprint density at radius 1 is 1.09 bits per heavy atom. The summed E-state index contributed by atoms with van der Waals surface area (Å²) in [6, 6.07) is 7.90. The van der Waals surface area contributed by atoms with Gasteiger partial charge in [0.05, 0.1) is 13.2 Å². The van der Waals surface area contributed by atoms with E-state index in [0.717, 1.165) is 0 Å². The van der Waals surface area contributed by atoms with E-state index in [9.17, 15) is 14.4 Å². The number of nitrogens with one attached hydrogen (secondary N) is 1. The second-order valence-corrected chi connectivity index (χ2v) is 6.15. The highest BCUT2D eigenvalue weighted by Crippen LogP contribution is 2.25. The minimum atomic E-state index is -1.14. The molecule has 0 radical (unpaired) electrons. The lowest BCUT2D eigenvalue weighted by atomic mass is 9.90. The van der Waals surface area contributed by atoms with Crippen LogP contribution in [0, 0.1) is 5.92 Å². The second-order valence-electron chi connectivity index (χ2n) is 6.15.